The Hall–Kier alpha value is -4.04. The van der Waals surface area contributed by atoms with Gasteiger partial charge in [-0.25, -0.2) is 4.68 Å². The summed E-state index contributed by atoms with van der Waals surface area (Å²) in [6.45, 7) is 3.98. The van der Waals surface area contributed by atoms with Gasteiger partial charge in [-0.2, -0.15) is 4.98 Å². The second-order valence-electron chi connectivity index (χ2n) is 8.57. The summed E-state index contributed by atoms with van der Waals surface area (Å²) in [4.78, 5) is 18.4. The molecule has 0 fully saturated rings. The van der Waals surface area contributed by atoms with Crippen LogP contribution in [0.1, 0.15) is 29.7 Å². The molecule has 1 aromatic heterocycles. The standard InChI is InChI=1S/C28H27N5O2S/c1-18-10-9-11-20(16-18)17-36-28-31-27-29-19(2)24(25(33(27)32-28)21-12-5-4-6-13-21)26(34)30-22-14-7-8-15-23(22)35-3/h4-16,25H,17H2,1-3H3,(H,30,34)(H,29,31,32). The van der Waals surface area contributed by atoms with Crippen LogP contribution in [0.3, 0.4) is 0 Å². The van der Waals surface area contributed by atoms with E-state index in [1.165, 1.54) is 11.1 Å². The SMILES string of the molecule is COc1ccccc1NC(=O)C1=C(C)Nc2nc(SCc3cccc(C)c3)nn2C1c1ccccc1. The quantitative estimate of drug-likeness (QED) is 0.314. The zero-order chi connectivity index (χ0) is 25.1. The molecular weight excluding hydrogens is 470 g/mol. The molecule has 36 heavy (non-hydrogen) atoms. The highest BCUT2D eigenvalue weighted by Crippen LogP contribution is 2.37. The Labute approximate surface area is 214 Å². The molecule has 2 N–H and O–H groups in total. The van der Waals surface area contributed by atoms with Gasteiger partial charge >= 0.3 is 0 Å². The summed E-state index contributed by atoms with van der Waals surface area (Å²) in [5, 5.41) is 11.8. The number of nitrogens with zero attached hydrogens (tertiary/aromatic N) is 3. The van der Waals surface area contributed by atoms with E-state index in [1.54, 1.807) is 23.6 Å². The molecule has 3 aromatic carbocycles. The van der Waals surface area contributed by atoms with Crippen LogP contribution in [0.5, 0.6) is 5.75 Å². The van der Waals surface area contributed by atoms with E-state index >= 15 is 0 Å². The van der Waals surface area contributed by atoms with Crippen molar-refractivity contribution in [2.24, 2.45) is 0 Å². The Bertz CT molecular complexity index is 1430. The molecule has 5 rings (SSSR count). The number of hydrogen-bond donors (Lipinski definition) is 2. The maximum atomic E-state index is 13.7. The summed E-state index contributed by atoms with van der Waals surface area (Å²) in [5.74, 6) is 1.74. The second-order valence-corrected chi connectivity index (χ2v) is 9.51. The minimum Gasteiger partial charge on any atom is -0.495 e. The van der Waals surface area contributed by atoms with E-state index in [2.05, 4.69) is 41.8 Å². The third-order valence-electron chi connectivity index (χ3n) is 6.00. The summed E-state index contributed by atoms with van der Waals surface area (Å²) >= 11 is 1.57. The topological polar surface area (TPSA) is 81.1 Å². The van der Waals surface area contributed by atoms with Crippen molar-refractivity contribution in [2.45, 2.75) is 30.8 Å². The third-order valence-corrected chi connectivity index (χ3v) is 6.91. The van der Waals surface area contributed by atoms with Gasteiger partial charge in [-0.15, -0.1) is 5.10 Å². The van der Waals surface area contributed by atoms with E-state index in [0.717, 1.165) is 17.0 Å². The van der Waals surface area contributed by atoms with Gasteiger partial charge in [0.25, 0.3) is 5.91 Å². The smallest absolute Gasteiger partial charge is 0.255 e. The highest BCUT2D eigenvalue weighted by atomic mass is 32.2. The number of carbonyl (C=O) groups excluding carboxylic acids is 1. The van der Waals surface area contributed by atoms with Gasteiger partial charge in [0.2, 0.25) is 11.1 Å². The van der Waals surface area contributed by atoms with Crippen LogP contribution in [0.25, 0.3) is 0 Å². The van der Waals surface area contributed by atoms with Crippen molar-refractivity contribution < 1.29 is 9.53 Å². The van der Waals surface area contributed by atoms with Crippen LogP contribution in [0, 0.1) is 6.92 Å². The molecule has 182 valence electrons. The largest absolute Gasteiger partial charge is 0.495 e. The average Bonchev–Trinajstić information content (AvgIpc) is 3.30. The minimum absolute atomic E-state index is 0.228. The van der Waals surface area contributed by atoms with Crippen molar-refractivity contribution in [3.63, 3.8) is 0 Å². The van der Waals surface area contributed by atoms with Gasteiger partial charge in [-0.3, -0.25) is 4.79 Å². The van der Waals surface area contributed by atoms with Gasteiger partial charge in [0.15, 0.2) is 0 Å². The number of methoxy groups -OCH3 is 1. The number of ether oxygens (including phenoxy) is 1. The Kier molecular flexibility index (Phi) is 6.77. The number of allylic oxidation sites excluding steroid dienone is 1. The highest BCUT2D eigenvalue weighted by Gasteiger charge is 2.34. The number of benzene rings is 3. The van der Waals surface area contributed by atoms with Crippen LogP contribution in [-0.2, 0) is 10.5 Å². The molecule has 4 aromatic rings. The van der Waals surface area contributed by atoms with Gasteiger partial charge in [0.05, 0.1) is 18.4 Å². The fourth-order valence-corrected chi connectivity index (χ4v) is 5.09. The number of thioether (sulfide) groups is 1. The number of carbonyl (C=O) groups is 1. The number of anilines is 2. The van der Waals surface area contributed by atoms with E-state index in [1.807, 2.05) is 61.5 Å². The lowest BCUT2D eigenvalue weighted by Crippen LogP contribution is -2.31. The maximum absolute atomic E-state index is 13.7. The summed E-state index contributed by atoms with van der Waals surface area (Å²) in [6.07, 6.45) is 0. The van der Waals surface area contributed by atoms with Gasteiger partial charge in [0.1, 0.15) is 11.8 Å². The summed E-state index contributed by atoms with van der Waals surface area (Å²) in [5.41, 5.74) is 5.29. The average molecular weight is 498 g/mol. The molecule has 1 aliphatic rings. The van der Waals surface area contributed by atoms with E-state index in [4.69, 9.17) is 14.8 Å². The molecule has 0 bridgehead atoms. The summed E-state index contributed by atoms with van der Waals surface area (Å²) in [7, 11) is 1.59. The molecule has 0 saturated carbocycles. The Balaban J connectivity index is 1.48. The van der Waals surface area contributed by atoms with Crippen LogP contribution < -0.4 is 15.4 Å². The molecule has 0 radical (unpaired) electrons. The lowest BCUT2D eigenvalue weighted by molar-refractivity contribution is -0.113. The molecule has 0 aliphatic carbocycles. The Morgan fingerprint density at radius 2 is 1.83 bits per heavy atom. The lowest BCUT2D eigenvalue weighted by Gasteiger charge is -2.28. The van der Waals surface area contributed by atoms with Crippen molar-refractivity contribution in [1.29, 1.82) is 0 Å². The van der Waals surface area contributed by atoms with Crippen molar-refractivity contribution in [3.8, 4) is 5.75 Å². The predicted molar refractivity (Wildman–Crippen MR) is 143 cm³/mol. The van der Waals surface area contributed by atoms with Crippen LogP contribution in [0.4, 0.5) is 11.6 Å². The summed E-state index contributed by atoms with van der Waals surface area (Å²) < 4.78 is 7.23. The number of fused-ring (bicyclic) bond motifs is 1. The molecule has 0 spiro atoms. The normalized spacial score (nSPS) is 14.7. The van der Waals surface area contributed by atoms with Gasteiger partial charge < -0.3 is 15.4 Å². The van der Waals surface area contributed by atoms with Crippen LogP contribution >= 0.6 is 11.8 Å². The molecule has 0 saturated heterocycles. The third kappa shape index (κ3) is 4.85. The number of aryl methyl sites for hydroxylation is 1. The number of rotatable bonds is 7. The van der Waals surface area contributed by atoms with Crippen molar-refractivity contribution in [3.05, 3.63) is 107 Å². The van der Waals surface area contributed by atoms with Gasteiger partial charge in [-0.1, -0.05) is 84.1 Å². The minimum atomic E-state index is -0.432. The first-order chi connectivity index (χ1) is 17.5. The van der Waals surface area contributed by atoms with Gasteiger partial charge in [-0.05, 0) is 37.1 Å². The monoisotopic (exact) mass is 497 g/mol. The van der Waals surface area contributed by atoms with Crippen LogP contribution in [0.2, 0.25) is 0 Å². The maximum Gasteiger partial charge on any atom is 0.255 e. The number of amides is 1. The van der Waals surface area contributed by atoms with E-state index < -0.39 is 6.04 Å². The molecule has 1 atom stereocenters. The molecule has 1 amide bonds. The van der Waals surface area contributed by atoms with E-state index in [9.17, 15) is 4.79 Å². The fourth-order valence-electron chi connectivity index (χ4n) is 4.32. The Morgan fingerprint density at radius 1 is 1.06 bits per heavy atom. The zero-order valence-corrected chi connectivity index (χ0v) is 21.2. The number of nitrogens with one attached hydrogen (secondary N) is 2. The second kappa shape index (κ2) is 10.3. The molecule has 7 nitrogen and oxygen atoms in total. The lowest BCUT2D eigenvalue weighted by atomic mass is 9.95. The van der Waals surface area contributed by atoms with Crippen molar-refractivity contribution in [1.82, 2.24) is 14.8 Å². The number of hydrogen-bond acceptors (Lipinski definition) is 6. The van der Waals surface area contributed by atoms with Crippen LogP contribution in [0.15, 0.2) is 95.3 Å². The Morgan fingerprint density at radius 3 is 2.61 bits per heavy atom. The molecule has 2 heterocycles. The first-order valence-corrected chi connectivity index (χ1v) is 12.6. The first-order valence-electron chi connectivity index (χ1n) is 11.7. The zero-order valence-electron chi connectivity index (χ0n) is 20.4. The fraction of sp³-hybridized carbons (Fsp3) is 0.179. The molecule has 1 unspecified atom stereocenters. The molecule has 8 heteroatoms. The van der Waals surface area contributed by atoms with Crippen molar-refractivity contribution in [2.75, 3.05) is 17.7 Å². The highest BCUT2D eigenvalue weighted by molar-refractivity contribution is 7.98. The van der Waals surface area contributed by atoms with E-state index in [0.29, 0.717) is 28.1 Å². The number of para-hydroxylation sites is 2. The summed E-state index contributed by atoms with van der Waals surface area (Å²) in [6, 6.07) is 25.2. The first kappa shape index (κ1) is 23.7. The number of aromatic nitrogens is 3. The predicted octanol–water partition coefficient (Wildman–Crippen LogP) is 5.82. The molecule has 1 aliphatic heterocycles. The van der Waals surface area contributed by atoms with Crippen LogP contribution in [-0.4, -0.2) is 27.8 Å². The van der Waals surface area contributed by atoms with E-state index in [-0.39, 0.29) is 5.91 Å². The molecular formula is C28H27N5O2S. The van der Waals surface area contributed by atoms with Gasteiger partial charge in [0, 0.05) is 11.4 Å². The van der Waals surface area contributed by atoms with Crippen molar-refractivity contribution >= 4 is 29.3 Å².